The Morgan fingerprint density at radius 2 is 1.32 bits per heavy atom. The molecule has 16 heteroatoms. The molecule has 0 fully saturated rings. The molecule has 0 rings (SSSR count). The Labute approximate surface area is 358 Å². The SMILES string of the molecule is CC[C@H](C)C(N[C@@](C)(CCCC=CCCC[C@](C)(NC(=O)[C@@H](N)CCC(N)=O)C(=O)N[C@H](C=O)CC(C)C)C(=O)C(=O)C(NCC(=O)[C@H](C)NC)[C@@H](C)CC)C(=O)C(C)=O. The van der Waals surface area contributed by atoms with Crippen LogP contribution in [0.2, 0.25) is 0 Å². The molecule has 0 aliphatic carbocycles. The standard InChI is InChI=1S/C44H77N7O9/c1-12-28(5)36(48-25-34(54)30(7)47-11)39(57)40(58)43(9,50-37(29(6)13-2)38(56)31(8)53)22-18-16-14-15-17-19-23-44(10,42(60)49-32(26-52)24-27(3)4)51-41(59)33(45)20-21-35(46)55/h14-15,26-30,32-33,36-37,47-48,50H,12-13,16-25,45H2,1-11H3,(H2,46,55)(H,49,60)(H,51,59)/t28-,29-,30-,32-,33-,36?,37?,43-,44-/m0/s1. The number of hydrogen-bond acceptors (Lipinski definition) is 13. The minimum absolute atomic E-state index is 0.00178. The van der Waals surface area contributed by atoms with Crippen LogP contribution in [0.1, 0.15) is 140 Å². The van der Waals surface area contributed by atoms with Crippen molar-refractivity contribution in [1.82, 2.24) is 26.6 Å². The van der Waals surface area contributed by atoms with Gasteiger partial charge in [-0.1, -0.05) is 66.5 Å². The first-order chi connectivity index (χ1) is 27.9. The summed E-state index contributed by atoms with van der Waals surface area (Å²) in [6, 6.07) is -4.26. The van der Waals surface area contributed by atoms with Crippen LogP contribution in [0.15, 0.2) is 12.2 Å². The molecule has 9 N–H and O–H groups in total. The van der Waals surface area contributed by atoms with Gasteiger partial charge in [-0.2, -0.15) is 0 Å². The van der Waals surface area contributed by atoms with Gasteiger partial charge in [-0.25, -0.2) is 0 Å². The van der Waals surface area contributed by atoms with Gasteiger partial charge in [0.2, 0.25) is 35.1 Å². The predicted molar refractivity (Wildman–Crippen MR) is 233 cm³/mol. The molecule has 0 aromatic heterocycles. The monoisotopic (exact) mass is 848 g/mol. The van der Waals surface area contributed by atoms with Gasteiger partial charge in [0.05, 0.1) is 42.3 Å². The van der Waals surface area contributed by atoms with Crippen molar-refractivity contribution in [3.05, 3.63) is 12.2 Å². The summed E-state index contributed by atoms with van der Waals surface area (Å²) in [5, 5.41) is 14.5. The van der Waals surface area contributed by atoms with Crippen molar-refractivity contribution in [3.8, 4) is 0 Å². The van der Waals surface area contributed by atoms with Crippen molar-refractivity contribution < 1.29 is 43.2 Å². The fourth-order valence-corrected chi connectivity index (χ4v) is 6.63. The fourth-order valence-electron chi connectivity index (χ4n) is 6.63. The highest BCUT2D eigenvalue weighted by Gasteiger charge is 2.44. The summed E-state index contributed by atoms with van der Waals surface area (Å²) in [6.07, 6.45) is 8.04. The molecule has 16 nitrogen and oxygen atoms in total. The van der Waals surface area contributed by atoms with Crippen molar-refractivity contribution in [3.63, 3.8) is 0 Å². The van der Waals surface area contributed by atoms with E-state index in [1.807, 2.05) is 46.8 Å². The smallest absolute Gasteiger partial charge is 0.246 e. The Hall–Kier alpha value is -3.99. The summed E-state index contributed by atoms with van der Waals surface area (Å²) in [4.78, 5) is 116. The number of likely N-dealkylation sites (N-methyl/N-ethyl adjacent to an activating group) is 1. The van der Waals surface area contributed by atoms with Crippen LogP contribution in [0.25, 0.3) is 0 Å². The van der Waals surface area contributed by atoms with Crippen LogP contribution < -0.4 is 38.1 Å². The lowest BCUT2D eigenvalue weighted by Gasteiger charge is -2.36. The van der Waals surface area contributed by atoms with Gasteiger partial charge >= 0.3 is 0 Å². The summed E-state index contributed by atoms with van der Waals surface area (Å²) >= 11 is 0. The summed E-state index contributed by atoms with van der Waals surface area (Å²) < 4.78 is 0. The molecule has 0 radical (unpaired) electrons. The van der Waals surface area contributed by atoms with Gasteiger partial charge in [0.25, 0.3) is 0 Å². The van der Waals surface area contributed by atoms with E-state index in [4.69, 9.17) is 11.5 Å². The van der Waals surface area contributed by atoms with E-state index >= 15 is 0 Å². The number of aldehydes is 1. The second kappa shape index (κ2) is 27.8. The number of carbonyl (C=O) groups is 9. The summed E-state index contributed by atoms with van der Waals surface area (Å²) in [7, 11) is 1.65. The van der Waals surface area contributed by atoms with Crippen molar-refractivity contribution >= 4 is 52.9 Å². The second-order valence-electron chi connectivity index (χ2n) is 17.2. The van der Waals surface area contributed by atoms with Crippen LogP contribution in [0.5, 0.6) is 0 Å². The van der Waals surface area contributed by atoms with E-state index in [0.29, 0.717) is 51.2 Å². The van der Waals surface area contributed by atoms with Crippen LogP contribution in [-0.2, 0) is 43.2 Å². The third-order valence-corrected chi connectivity index (χ3v) is 11.4. The highest BCUT2D eigenvalue weighted by Crippen LogP contribution is 2.24. The largest absolute Gasteiger partial charge is 0.370 e. The maximum Gasteiger partial charge on any atom is 0.246 e. The number of nitrogens with one attached hydrogen (secondary N) is 5. The normalized spacial score (nSPS) is 17.2. The minimum atomic E-state index is -1.53. The van der Waals surface area contributed by atoms with E-state index in [2.05, 4.69) is 26.6 Å². The number of rotatable bonds is 34. The third kappa shape index (κ3) is 19.2. The van der Waals surface area contributed by atoms with Gasteiger partial charge in [-0.15, -0.1) is 0 Å². The van der Waals surface area contributed by atoms with E-state index in [1.54, 1.807) is 34.7 Å². The Morgan fingerprint density at radius 3 is 1.78 bits per heavy atom. The molecule has 9 atom stereocenters. The van der Waals surface area contributed by atoms with E-state index in [-0.39, 0.29) is 55.8 Å². The topological polar surface area (TPSA) is 266 Å². The first kappa shape index (κ1) is 56.0. The predicted octanol–water partition coefficient (Wildman–Crippen LogP) is 2.32. The molecular formula is C44H77N7O9. The van der Waals surface area contributed by atoms with E-state index < -0.39 is 82.1 Å². The Kier molecular flexibility index (Phi) is 25.9. The van der Waals surface area contributed by atoms with Crippen LogP contribution in [0.4, 0.5) is 0 Å². The lowest BCUT2D eigenvalue weighted by Crippen LogP contribution is -2.62. The van der Waals surface area contributed by atoms with Gasteiger partial charge in [0.15, 0.2) is 11.6 Å². The Balaban J connectivity index is 6.21. The zero-order valence-corrected chi connectivity index (χ0v) is 38.2. The van der Waals surface area contributed by atoms with Crippen LogP contribution in [-0.4, -0.2) is 108 Å². The number of primary amides is 1. The summed E-state index contributed by atoms with van der Waals surface area (Å²) in [5.74, 6) is -5.25. The highest BCUT2D eigenvalue weighted by atomic mass is 16.2. The van der Waals surface area contributed by atoms with Crippen LogP contribution >= 0.6 is 0 Å². The third-order valence-electron chi connectivity index (χ3n) is 11.4. The molecule has 0 spiro atoms. The minimum Gasteiger partial charge on any atom is -0.370 e. The lowest BCUT2D eigenvalue weighted by molar-refractivity contribution is -0.144. The van der Waals surface area contributed by atoms with Crippen molar-refractivity contribution in [1.29, 1.82) is 0 Å². The molecule has 60 heavy (non-hydrogen) atoms. The van der Waals surface area contributed by atoms with E-state index in [9.17, 15) is 43.2 Å². The summed E-state index contributed by atoms with van der Waals surface area (Å²) in [6.45, 7) is 17.1. The molecule has 0 bridgehead atoms. The van der Waals surface area contributed by atoms with Gasteiger partial charge in [-0.05, 0) is 96.9 Å². The average Bonchev–Trinajstić information content (AvgIpc) is 3.20. The molecule has 0 aromatic rings. The molecule has 3 amide bonds. The van der Waals surface area contributed by atoms with Crippen molar-refractivity contribution in [2.24, 2.45) is 29.2 Å². The molecular weight excluding hydrogens is 771 g/mol. The number of allylic oxidation sites excluding steroid dienone is 2. The maximum atomic E-state index is 14.3. The first-order valence-electron chi connectivity index (χ1n) is 21.6. The fraction of sp³-hybridized carbons (Fsp3) is 0.750. The van der Waals surface area contributed by atoms with E-state index in [1.165, 1.54) is 6.92 Å². The summed E-state index contributed by atoms with van der Waals surface area (Å²) in [5.41, 5.74) is 8.24. The van der Waals surface area contributed by atoms with Crippen LogP contribution in [0.3, 0.4) is 0 Å². The van der Waals surface area contributed by atoms with Crippen molar-refractivity contribution in [2.75, 3.05) is 13.6 Å². The number of Topliss-reactive ketones (excluding diaryl/α,β-unsaturated/α-hetero) is 5. The molecule has 342 valence electrons. The second-order valence-corrected chi connectivity index (χ2v) is 17.2. The van der Waals surface area contributed by atoms with Gasteiger partial charge in [0, 0.05) is 13.3 Å². The quantitative estimate of drug-likeness (QED) is 0.0213. The highest BCUT2D eigenvalue weighted by molar-refractivity contribution is 6.43. The number of hydrogen-bond donors (Lipinski definition) is 7. The zero-order chi connectivity index (χ0) is 46.4. The molecule has 2 unspecified atom stereocenters. The van der Waals surface area contributed by atoms with E-state index in [0.717, 1.165) is 0 Å². The van der Waals surface area contributed by atoms with Gasteiger partial charge < -0.3 is 32.2 Å². The Morgan fingerprint density at radius 1 is 0.783 bits per heavy atom. The number of amides is 3. The van der Waals surface area contributed by atoms with Gasteiger partial charge in [0.1, 0.15) is 11.8 Å². The molecule has 0 aliphatic rings. The number of nitrogens with two attached hydrogens (primary N) is 2. The number of unbranched alkanes of at least 4 members (excludes halogenated alkanes) is 2. The van der Waals surface area contributed by atoms with Gasteiger partial charge in [-0.3, -0.25) is 49.0 Å². The average molecular weight is 848 g/mol. The number of ketones is 5. The first-order valence-corrected chi connectivity index (χ1v) is 21.6. The maximum absolute atomic E-state index is 14.3. The zero-order valence-electron chi connectivity index (χ0n) is 38.2. The van der Waals surface area contributed by atoms with Crippen molar-refractivity contribution in [2.45, 2.75) is 181 Å². The Bertz CT molecular complexity index is 1500. The molecule has 0 heterocycles. The van der Waals surface area contributed by atoms with Crippen LogP contribution in [0, 0.1) is 17.8 Å². The molecule has 0 aliphatic heterocycles. The lowest BCUT2D eigenvalue weighted by atomic mass is 9.80. The molecule has 0 saturated heterocycles. The molecule has 0 aromatic carbocycles. The molecule has 0 saturated carbocycles. The number of carbonyl (C=O) groups excluding carboxylic acids is 9.